The van der Waals surface area contributed by atoms with E-state index >= 15 is 0 Å². The fourth-order valence-corrected chi connectivity index (χ4v) is 3.03. The molecule has 1 aliphatic heterocycles. The van der Waals surface area contributed by atoms with Gasteiger partial charge in [-0.25, -0.2) is 9.59 Å². The van der Waals surface area contributed by atoms with Crippen LogP contribution < -0.4 is 26.2 Å². The first kappa shape index (κ1) is 20.2. The maximum absolute atomic E-state index is 12.2. The van der Waals surface area contributed by atoms with Crippen LogP contribution in [0.15, 0.2) is 54.6 Å². The first-order valence-corrected chi connectivity index (χ1v) is 9.45. The number of carbonyl (C=O) groups is 3. The SMILES string of the molecule is C[C@@H](CNC(=O)Nc1ccc(C[C@H]2NC(=O)NC2=O)cc1)N(C)c1ccccc1. The van der Waals surface area contributed by atoms with Crippen LogP contribution in [0.5, 0.6) is 0 Å². The van der Waals surface area contributed by atoms with Gasteiger partial charge >= 0.3 is 12.1 Å². The average molecular weight is 395 g/mol. The minimum atomic E-state index is -0.562. The van der Waals surface area contributed by atoms with Gasteiger partial charge in [0, 0.05) is 37.4 Å². The van der Waals surface area contributed by atoms with E-state index in [2.05, 4.69) is 26.2 Å². The van der Waals surface area contributed by atoms with E-state index in [-0.39, 0.29) is 18.0 Å². The molecule has 5 amide bonds. The fraction of sp³-hybridized carbons (Fsp3) is 0.286. The lowest BCUT2D eigenvalue weighted by Crippen LogP contribution is -2.41. The Morgan fingerprint density at radius 1 is 1.10 bits per heavy atom. The summed E-state index contributed by atoms with van der Waals surface area (Å²) in [5.74, 6) is -0.328. The summed E-state index contributed by atoms with van der Waals surface area (Å²) >= 11 is 0. The zero-order valence-corrected chi connectivity index (χ0v) is 16.4. The third-order valence-corrected chi connectivity index (χ3v) is 4.89. The van der Waals surface area contributed by atoms with Gasteiger partial charge in [-0.3, -0.25) is 10.1 Å². The predicted molar refractivity (Wildman–Crippen MR) is 112 cm³/mol. The van der Waals surface area contributed by atoms with Crippen molar-refractivity contribution in [2.24, 2.45) is 0 Å². The van der Waals surface area contributed by atoms with Crippen molar-refractivity contribution in [3.8, 4) is 0 Å². The number of para-hydroxylation sites is 1. The topological polar surface area (TPSA) is 103 Å². The lowest BCUT2D eigenvalue weighted by molar-refractivity contribution is -0.120. The van der Waals surface area contributed by atoms with E-state index in [1.807, 2.05) is 56.4 Å². The number of imide groups is 1. The largest absolute Gasteiger partial charge is 0.370 e. The van der Waals surface area contributed by atoms with Crippen molar-refractivity contribution in [2.75, 3.05) is 23.8 Å². The first-order chi connectivity index (χ1) is 13.9. The van der Waals surface area contributed by atoms with Gasteiger partial charge in [-0.1, -0.05) is 30.3 Å². The van der Waals surface area contributed by atoms with E-state index in [9.17, 15) is 14.4 Å². The van der Waals surface area contributed by atoms with Gasteiger partial charge in [-0.15, -0.1) is 0 Å². The number of likely N-dealkylation sites (N-methyl/N-ethyl adjacent to an activating group) is 1. The standard InChI is InChI=1S/C21H25N5O3/c1-14(26(2)17-6-4-3-5-7-17)13-22-20(28)23-16-10-8-15(9-11-16)12-18-19(27)25-21(29)24-18/h3-11,14,18H,12-13H2,1-2H3,(H2,22,23,28)(H2,24,25,27,29)/t14-,18+/m0/s1. The molecule has 2 atom stereocenters. The maximum atomic E-state index is 12.2. The van der Waals surface area contributed by atoms with Crippen molar-refractivity contribution < 1.29 is 14.4 Å². The van der Waals surface area contributed by atoms with E-state index in [1.165, 1.54) is 0 Å². The fourth-order valence-electron chi connectivity index (χ4n) is 3.03. The van der Waals surface area contributed by atoms with E-state index < -0.39 is 12.1 Å². The summed E-state index contributed by atoms with van der Waals surface area (Å²) in [4.78, 5) is 37.0. The van der Waals surface area contributed by atoms with Gasteiger partial charge in [-0.05, 0) is 36.8 Å². The number of amides is 5. The Kier molecular flexibility index (Phi) is 6.33. The number of anilines is 2. The molecular formula is C21H25N5O3. The highest BCUT2D eigenvalue weighted by molar-refractivity contribution is 6.04. The molecule has 29 heavy (non-hydrogen) atoms. The van der Waals surface area contributed by atoms with E-state index in [4.69, 9.17) is 0 Å². The maximum Gasteiger partial charge on any atom is 0.322 e. The Labute approximate surface area is 169 Å². The molecule has 0 spiro atoms. The molecule has 0 unspecified atom stereocenters. The number of hydrogen-bond acceptors (Lipinski definition) is 4. The van der Waals surface area contributed by atoms with Crippen LogP contribution in [0, 0.1) is 0 Å². The molecule has 1 fully saturated rings. The Bertz CT molecular complexity index is 870. The Balaban J connectivity index is 1.45. The number of urea groups is 2. The second-order valence-corrected chi connectivity index (χ2v) is 7.05. The van der Waals surface area contributed by atoms with Crippen LogP contribution in [0.25, 0.3) is 0 Å². The summed E-state index contributed by atoms with van der Waals surface area (Å²) in [5, 5.41) is 10.4. The molecule has 0 saturated carbocycles. The van der Waals surface area contributed by atoms with Crippen LogP contribution >= 0.6 is 0 Å². The van der Waals surface area contributed by atoms with Crippen molar-refractivity contribution in [3.63, 3.8) is 0 Å². The highest BCUT2D eigenvalue weighted by Crippen LogP contribution is 2.14. The van der Waals surface area contributed by atoms with Gasteiger partial charge in [-0.2, -0.15) is 0 Å². The first-order valence-electron chi connectivity index (χ1n) is 9.45. The second-order valence-electron chi connectivity index (χ2n) is 7.05. The summed E-state index contributed by atoms with van der Waals surface area (Å²) in [7, 11) is 1.99. The van der Waals surface area contributed by atoms with Crippen LogP contribution in [-0.2, 0) is 11.2 Å². The van der Waals surface area contributed by atoms with E-state index in [0.29, 0.717) is 18.7 Å². The molecule has 1 saturated heterocycles. The van der Waals surface area contributed by atoms with Crippen LogP contribution in [0.4, 0.5) is 21.0 Å². The lowest BCUT2D eigenvalue weighted by atomic mass is 10.1. The summed E-state index contributed by atoms with van der Waals surface area (Å²) in [5.41, 5.74) is 2.62. The molecule has 4 N–H and O–H groups in total. The van der Waals surface area contributed by atoms with Crippen LogP contribution in [0.3, 0.4) is 0 Å². The molecule has 8 nitrogen and oxygen atoms in total. The lowest BCUT2D eigenvalue weighted by Gasteiger charge is -2.27. The van der Waals surface area contributed by atoms with Gasteiger partial charge in [0.2, 0.25) is 0 Å². The third-order valence-electron chi connectivity index (χ3n) is 4.89. The zero-order chi connectivity index (χ0) is 20.8. The molecule has 1 aliphatic rings. The number of benzene rings is 2. The summed E-state index contributed by atoms with van der Waals surface area (Å²) < 4.78 is 0. The number of nitrogens with one attached hydrogen (secondary N) is 4. The molecule has 0 aromatic heterocycles. The molecule has 1 heterocycles. The van der Waals surface area contributed by atoms with Crippen molar-refractivity contribution >= 4 is 29.3 Å². The highest BCUT2D eigenvalue weighted by Gasteiger charge is 2.29. The molecule has 3 rings (SSSR count). The summed E-state index contributed by atoms with van der Waals surface area (Å²) in [6.45, 7) is 2.53. The molecule has 0 aliphatic carbocycles. The number of carbonyl (C=O) groups excluding carboxylic acids is 3. The van der Waals surface area contributed by atoms with E-state index in [0.717, 1.165) is 11.3 Å². The number of rotatable bonds is 7. The molecule has 0 radical (unpaired) electrons. The average Bonchev–Trinajstić information content (AvgIpc) is 3.04. The van der Waals surface area contributed by atoms with Crippen LogP contribution in [-0.4, -0.2) is 43.6 Å². The zero-order valence-electron chi connectivity index (χ0n) is 16.4. The number of hydrogen-bond donors (Lipinski definition) is 4. The van der Waals surface area contributed by atoms with Gasteiger partial charge in [0.05, 0.1) is 0 Å². The molecule has 2 aromatic rings. The van der Waals surface area contributed by atoms with Crippen molar-refractivity contribution in [3.05, 3.63) is 60.2 Å². The molecule has 8 heteroatoms. The smallest absolute Gasteiger partial charge is 0.322 e. The van der Waals surface area contributed by atoms with Gasteiger partial charge < -0.3 is 20.9 Å². The van der Waals surface area contributed by atoms with Crippen molar-refractivity contribution in [2.45, 2.75) is 25.4 Å². The Hall–Kier alpha value is -3.55. The minimum Gasteiger partial charge on any atom is -0.370 e. The quantitative estimate of drug-likeness (QED) is 0.539. The molecule has 0 bridgehead atoms. The molecule has 2 aromatic carbocycles. The van der Waals surface area contributed by atoms with Gasteiger partial charge in [0.1, 0.15) is 6.04 Å². The van der Waals surface area contributed by atoms with E-state index in [1.54, 1.807) is 12.1 Å². The Morgan fingerprint density at radius 3 is 2.41 bits per heavy atom. The van der Waals surface area contributed by atoms with Crippen molar-refractivity contribution in [1.82, 2.24) is 16.0 Å². The van der Waals surface area contributed by atoms with Crippen LogP contribution in [0.1, 0.15) is 12.5 Å². The monoisotopic (exact) mass is 395 g/mol. The van der Waals surface area contributed by atoms with Crippen LogP contribution in [0.2, 0.25) is 0 Å². The summed E-state index contributed by atoms with van der Waals surface area (Å²) in [6.07, 6.45) is 0.396. The van der Waals surface area contributed by atoms with Gasteiger partial charge in [0.15, 0.2) is 0 Å². The van der Waals surface area contributed by atoms with Gasteiger partial charge in [0.25, 0.3) is 5.91 Å². The molecule has 152 valence electrons. The molecular weight excluding hydrogens is 370 g/mol. The Morgan fingerprint density at radius 2 is 1.79 bits per heavy atom. The van der Waals surface area contributed by atoms with Crippen molar-refractivity contribution in [1.29, 1.82) is 0 Å². The number of nitrogens with zero attached hydrogens (tertiary/aromatic N) is 1. The minimum absolute atomic E-state index is 0.123. The second kappa shape index (κ2) is 9.09. The summed E-state index contributed by atoms with van der Waals surface area (Å²) in [6, 6.07) is 16.0. The third kappa shape index (κ3) is 5.47. The predicted octanol–water partition coefficient (Wildman–Crippen LogP) is 2.08. The highest BCUT2D eigenvalue weighted by atomic mass is 16.2. The normalized spacial score (nSPS) is 16.6.